The summed E-state index contributed by atoms with van der Waals surface area (Å²) in [5.41, 5.74) is 5.16. The van der Waals surface area contributed by atoms with E-state index in [0.29, 0.717) is 11.1 Å². The summed E-state index contributed by atoms with van der Waals surface area (Å²) in [5, 5.41) is 15.5. The zero-order chi connectivity index (χ0) is 19.4. The third-order valence-electron chi connectivity index (χ3n) is 4.21. The Labute approximate surface area is 163 Å². The van der Waals surface area contributed by atoms with Crippen molar-refractivity contribution in [2.45, 2.75) is 38.8 Å². The molecule has 0 aliphatic heterocycles. The molecule has 0 radical (unpaired) electrons. The number of para-hydroxylation sites is 1. The lowest BCUT2D eigenvalue weighted by atomic mass is 10.0. The predicted octanol–water partition coefficient (Wildman–Crippen LogP) is 4.13. The molecule has 3 aromatic rings. The highest BCUT2D eigenvalue weighted by molar-refractivity contribution is 7.99. The van der Waals surface area contributed by atoms with Gasteiger partial charge in [-0.3, -0.25) is 4.79 Å². The Hall–Kier alpha value is -2.67. The first-order valence-corrected chi connectivity index (χ1v) is 9.82. The standard InChI is InChI=1S/C20H23N5OS/c1-13(2)16-7-5-6-8-17(16)21-19(26)12-27-20-22-23-24-25(20)18-10-9-14(3)11-15(18)4/h5-11,13H,12H2,1-4H3,(H,21,26). The van der Waals surface area contributed by atoms with E-state index in [4.69, 9.17) is 0 Å². The maximum Gasteiger partial charge on any atom is 0.234 e. The molecule has 0 unspecified atom stereocenters. The summed E-state index contributed by atoms with van der Waals surface area (Å²) in [6.45, 7) is 8.29. The molecule has 0 bridgehead atoms. The fourth-order valence-corrected chi connectivity index (χ4v) is 3.58. The van der Waals surface area contributed by atoms with Crippen LogP contribution in [-0.2, 0) is 4.79 Å². The number of aryl methyl sites for hydroxylation is 2. The number of rotatable bonds is 6. The van der Waals surface area contributed by atoms with Crippen LogP contribution >= 0.6 is 11.8 Å². The summed E-state index contributed by atoms with van der Waals surface area (Å²) in [6, 6.07) is 14.0. The number of tetrazole rings is 1. The summed E-state index contributed by atoms with van der Waals surface area (Å²) in [5.74, 6) is 0.492. The number of carbonyl (C=O) groups excluding carboxylic acids is 1. The van der Waals surface area contributed by atoms with E-state index >= 15 is 0 Å². The summed E-state index contributed by atoms with van der Waals surface area (Å²) in [7, 11) is 0. The van der Waals surface area contributed by atoms with Crippen LogP contribution in [0, 0.1) is 13.8 Å². The molecule has 1 amide bonds. The second-order valence-electron chi connectivity index (χ2n) is 6.74. The van der Waals surface area contributed by atoms with Gasteiger partial charge >= 0.3 is 0 Å². The Bertz CT molecular complexity index is 951. The minimum absolute atomic E-state index is 0.0803. The van der Waals surface area contributed by atoms with Crippen LogP contribution in [0.4, 0.5) is 5.69 Å². The monoisotopic (exact) mass is 381 g/mol. The molecule has 27 heavy (non-hydrogen) atoms. The Kier molecular flexibility index (Phi) is 5.91. The van der Waals surface area contributed by atoms with Crippen molar-refractivity contribution < 1.29 is 4.79 Å². The maximum atomic E-state index is 12.4. The van der Waals surface area contributed by atoms with E-state index in [1.165, 1.54) is 17.3 Å². The van der Waals surface area contributed by atoms with Crippen molar-refractivity contribution in [3.05, 3.63) is 59.2 Å². The van der Waals surface area contributed by atoms with Crippen LogP contribution in [0.25, 0.3) is 5.69 Å². The first-order chi connectivity index (χ1) is 13.0. The number of amides is 1. The number of carbonyl (C=O) groups is 1. The van der Waals surface area contributed by atoms with Crippen LogP contribution in [0.1, 0.15) is 36.5 Å². The largest absolute Gasteiger partial charge is 0.325 e. The van der Waals surface area contributed by atoms with Gasteiger partial charge in [-0.15, -0.1) is 5.10 Å². The highest BCUT2D eigenvalue weighted by Crippen LogP contribution is 2.25. The van der Waals surface area contributed by atoms with E-state index in [2.05, 4.69) is 40.8 Å². The van der Waals surface area contributed by atoms with Crippen LogP contribution in [-0.4, -0.2) is 31.9 Å². The molecular weight excluding hydrogens is 358 g/mol. The van der Waals surface area contributed by atoms with E-state index in [0.717, 1.165) is 22.5 Å². The topological polar surface area (TPSA) is 72.7 Å². The third-order valence-corrected chi connectivity index (χ3v) is 5.13. The molecule has 0 aliphatic rings. The van der Waals surface area contributed by atoms with Gasteiger partial charge in [0.15, 0.2) is 0 Å². The van der Waals surface area contributed by atoms with Crippen LogP contribution in [0.3, 0.4) is 0 Å². The molecule has 140 valence electrons. The number of aromatic nitrogens is 4. The summed E-state index contributed by atoms with van der Waals surface area (Å²) < 4.78 is 1.68. The average Bonchev–Trinajstić information content (AvgIpc) is 3.08. The van der Waals surface area contributed by atoms with Gasteiger partial charge in [0, 0.05) is 5.69 Å². The van der Waals surface area contributed by atoms with Crippen molar-refractivity contribution in [1.82, 2.24) is 20.2 Å². The smallest absolute Gasteiger partial charge is 0.234 e. The van der Waals surface area contributed by atoms with Crippen molar-refractivity contribution in [3.63, 3.8) is 0 Å². The van der Waals surface area contributed by atoms with Gasteiger partial charge in [-0.25, -0.2) is 0 Å². The Morgan fingerprint density at radius 3 is 2.70 bits per heavy atom. The van der Waals surface area contributed by atoms with Gasteiger partial charge in [0.25, 0.3) is 0 Å². The van der Waals surface area contributed by atoms with Crippen LogP contribution in [0.5, 0.6) is 0 Å². The Balaban J connectivity index is 1.70. The number of hydrogen-bond acceptors (Lipinski definition) is 5. The van der Waals surface area contributed by atoms with Crippen molar-refractivity contribution in [3.8, 4) is 5.69 Å². The molecular formula is C20H23N5OS. The molecule has 0 saturated carbocycles. The normalized spacial score (nSPS) is 11.0. The highest BCUT2D eigenvalue weighted by atomic mass is 32.2. The van der Waals surface area contributed by atoms with Gasteiger partial charge in [0.2, 0.25) is 11.1 Å². The minimum atomic E-state index is -0.0803. The van der Waals surface area contributed by atoms with Crippen molar-refractivity contribution in [1.29, 1.82) is 0 Å². The molecule has 1 heterocycles. The van der Waals surface area contributed by atoms with E-state index in [1.54, 1.807) is 4.68 Å². The van der Waals surface area contributed by atoms with Gasteiger partial charge in [0.05, 0.1) is 11.4 Å². The predicted molar refractivity (Wildman–Crippen MR) is 109 cm³/mol. The van der Waals surface area contributed by atoms with Crippen molar-refractivity contribution in [2.24, 2.45) is 0 Å². The molecule has 0 fully saturated rings. The average molecular weight is 382 g/mol. The zero-order valence-corrected chi connectivity index (χ0v) is 16.7. The van der Waals surface area contributed by atoms with Crippen LogP contribution in [0.2, 0.25) is 0 Å². The lowest BCUT2D eigenvalue weighted by Gasteiger charge is -2.13. The summed E-state index contributed by atoms with van der Waals surface area (Å²) in [4.78, 5) is 12.4. The summed E-state index contributed by atoms with van der Waals surface area (Å²) in [6.07, 6.45) is 0. The fourth-order valence-electron chi connectivity index (χ4n) is 2.89. The SMILES string of the molecule is Cc1ccc(-n2nnnc2SCC(=O)Nc2ccccc2C(C)C)c(C)c1. The molecule has 1 aromatic heterocycles. The second kappa shape index (κ2) is 8.35. The molecule has 0 saturated heterocycles. The second-order valence-corrected chi connectivity index (χ2v) is 7.68. The molecule has 1 N–H and O–H groups in total. The minimum Gasteiger partial charge on any atom is -0.325 e. The molecule has 0 spiro atoms. The van der Waals surface area contributed by atoms with Gasteiger partial charge in [0.1, 0.15) is 0 Å². The first kappa shape index (κ1) is 19.1. The Morgan fingerprint density at radius 2 is 1.96 bits per heavy atom. The van der Waals surface area contributed by atoms with E-state index in [1.807, 2.05) is 50.2 Å². The van der Waals surface area contributed by atoms with E-state index in [-0.39, 0.29) is 11.7 Å². The fraction of sp³-hybridized carbons (Fsp3) is 0.300. The van der Waals surface area contributed by atoms with E-state index in [9.17, 15) is 4.79 Å². The van der Waals surface area contributed by atoms with Crippen molar-refractivity contribution in [2.75, 3.05) is 11.1 Å². The lowest BCUT2D eigenvalue weighted by Crippen LogP contribution is -2.16. The van der Waals surface area contributed by atoms with Gasteiger partial charge in [-0.1, -0.05) is 61.5 Å². The van der Waals surface area contributed by atoms with Gasteiger partial charge in [-0.05, 0) is 53.5 Å². The number of nitrogens with one attached hydrogen (secondary N) is 1. The van der Waals surface area contributed by atoms with E-state index < -0.39 is 0 Å². The Morgan fingerprint density at radius 1 is 1.19 bits per heavy atom. The maximum absolute atomic E-state index is 12.4. The number of anilines is 1. The van der Waals surface area contributed by atoms with Crippen LogP contribution in [0.15, 0.2) is 47.6 Å². The molecule has 2 aromatic carbocycles. The number of thioether (sulfide) groups is 1. The summed E-state index contributed by atoms with van der Waals surface area (Å²) >= 11 is 1.32. The number of hydrogen-bond donors (Lipinski definition) is 1. The van der Waals surface area contributed by atoms with Gasteiger partial charge in [-0.2, -0.15) is 4.68 Å². The van der Waals surface area contributed by atoms with Crippen molar-refractivity contribution >= 4 is 23.4 Å². The molecule has 0 aliphatic carbocycles. The number of nitrogens with zero attached hydrogens (tertiary/aromatic N) is 4. The molecule has 0 atom stereocenters. The lowest BCUT2D eigenvalue weighted by molar-refractivity contribution is -0.113. The van der Waals surface area contributed by atoms with Gasteiger partial charge < -0.3 is 5.32 Å². The molecule has 7 heteroatoms. The molecule has 6 nitrogen and oxygen atoms in total. The highest BCUT2D eigenvalue weighted by Gasteiger charge is 2.14. The molecule has 3 rings (SSSR count). The zero-order valence-electron chi connectivity index (χ0n) is 15.9. The van der Waals surface area contributed by atoms with Crippen LogP contribution < -0.4 is 5.32 Å². The third kappa shape index (κ3) is 4.54. The quantitative estimate of drug-likeness (QED) is 0.650. The number of benzene rings is 2. The first-order valence-electron chi connectivity index (χ1n) is 8.83.